The van der Waals surface area contributed by atoms with E-state index in [9.17, 15) is 14.0 Å². The number of carbonyl (C=O) groups is 2. The molecule has 0 saturated carbocycles. The Morgan fingerprint density at radius 3 is 2.93 bits per heavy atom. The summed E-state index contributed by atoms with van der Waals surface area (Å²) in [6.07, 6.45) is 1.63. The number of hydrogen-bond donors (Lipinski definition) is 1. The molecule has 29 heavy (non-hydrogen) atoms. The maximum absolute atomic E-state index is 13.3. The fourth-order valence-corrected chi connectivity index (χ4v) is 4.08. The van der Waals surface area contributed by atoms with E-state index in [2.05, 4.69) is 20.3 Å². The number of aromatic nitrogens is 2. The summed E-state index contributed by atoms with van der Waals surface area (Å²) in [5.41, 5.74) is 2.02. The van der Waals surface area contributed by atoms with E-state index in [0.29, 0.717) is 31.5 Å². The van der Waals surface area contributed by atoms with Crippen molar-refractivity contribution in [3.63, 3.8) is 0 Å². The fourth-order valence-electron chi connectivity index (χ4n) is 2.77. The summed E-state index contributed by atoms with van der Waals surface area (Å²) < 4.78 is 18.4. The van der Waals surface area contributed by atoms with Gasteiger partial charge in [0.2, 0.25) is 5.91 Å². The normalized spacial score (nSPS) is 15.5. The highest BCUT2D eigenvalue weighted by molar-refractivity contribution is 8.26. The lowest BCUT2D eigenvalue weighted by molar-refractivity contribution is -0.122. The summed E-state index contributed by atoms with van der Waals surface area (Å²) in [4.78, 5) is 26.7. The molecule has 1 aliphatic rings. The predicted octanol–water partition coefficient (Wildman–Crippen LogP) is 3.59. The first-order valence-electron chi connectivity index (χ1n) is 8.53. The van der Waals surface area contributed by atoms with Crippen molar-refractivity contribution < 1.29 is 18.6 Å². The van der Waals surface area contributed by atoms with E-state index < -0.39 is 0 Å². The third-order valence-corrected chi connectivity index (χ3v) is 5.52. The first kappa shape index (κ1) is 19.2. The average Bonchev–Trinajstić information content (AvgIpc) is 3.26. The van der Waals surface area contributed by atoms with Crippen LogP contribution in [0, 0.1) is 5.82 Å². The molecule has 2 aromatic carbocycles. The number of nitrogens with one attached hydrogen (secondary N) is 1. The van der Waals surface area contributed by atoms with E-state index in [4.69, 9.17) is 12.2 Å². The fraction of sp³-hybridized carbons (Fsp3) is 0.105. The van der Waals surface area contributed by atoms with Gasteiger partial charge >= 0.3 is 0 Å². The molecule has 2 amide bonds. The zero-order valence-corrected chi connectivity index (χ0v) is 16.4. The van der Waals surface area contributed by atoms with E-state index in [1.807, 2.05) is 0 Å². The zero-order valence-electron chi connectivity index (χ0n) is 14.8. The first-order valence-corrected chi connectivity index (χ1v) is 9.76. The maximum atomic E-state index is 13.3. The van der Waals surface area contributed by atoms with Gasteiger partial charge in [-0.05, 0) is 46.2 Å². The first-order chi connectivity index (χ1) is 14.0. The lowest BCUT2D eigenvalue weighted by Crippen LogP contribution is -2.31. The van der Waals surface area contributed by atoms with Gasteiger partial charge in [0.1, 0.15) is 15.7 Å². The minimum Gasteiger partial charge on any atom is -0.324 e. The number of thiocarbonyl (C=S) groups is 1. The van der Waals surface area contributed by atoms with Crippen LogP contribution in [-0.2, 0) is 9.59 Å². The predicted molar refractivity (Wildman–Crippen MR) is 111 cm³/mol. The standard InChI is InChI=1S/C19H13FN4O3S2/c20-12-4-1-3-11(9-12)10-15-18(26)24(19(28)29-15)8-7-16(25)21-13-5-2-6-14-17(13)23-27-22-14/h1-6,9-10H,7-8H2,(H,21,25)/b15-10-. The number of nitrogens with zero attached hydrogens (tertiary/aromatic N) is 3. The van der Waals surface area contributed by atoms with Gasteiger partial charge in [0, 0.05) is 13.0 Å². The number of benzene rings is 2. The van der Waals surface area contributed by atoms with Crippen LogP contribution >= 0.6 is 24.0 Å². The Balaban J connectivity index is 1.40. The third kappa shape index (κ3) is 4.17. The Labute approximate surface area is 173 Å². The molecular formula is C19H13FN4O3S2. The van der Waals surface area contributed by atoms with Gasteiger partial charge in [-0.3, -0.25) is 14.5 Å². The van der Waals surface area contributed by atoms with Crippen molar-refractivity contribution in [1.82, 2.24) is 15.2 Å². The molecule has 3 aromatic rings. The van der Waals surface area contributed by atoms with Crippen molar-refractivity contribution in [3.8, 4) is 0 Å². The van der Waals surface area contributed by atoms with Crippen LogP contribution in [0.2, 0.25) is 0 Å². The molecule has 1 aliphatic heterocycles. The van der Waals surface area contributed by atoms with Crippen molar-refractivity contribution >= 4 is 62.9 Å². The van der Waals surface area contributed by atoms with Crippen LogP contribution in [0.25, 0.3) is 17.1 Å². The molecule has 10 heteroatoms. The van der Waals surface area contributed by atoms with Crippen LogP contribution in [-0.4, -0.2) is 37.9 Å². The summed E-state index contributed by atoms with van der Waals surface area (Å²) in [6.45, 7) is 0.129. The zero-order chi connectivity index (χ0) is 20.4. The van der Waals surface area contributed by atoms with Crippen LogP contribution in [0.3, 0.4) is 0 Å². The summed E-state index contributed by atoms with van der Waals surface area (Å²) >= 11 is 6.39. The van der Waals surface area contributed by atoms with E-state index in [-0.39, 0.29) is 30.6 Å². The molecule has 7 nitrogen and oxygen atoms in total. The van der Waals surface area contributed by atoms with Gasteiger partial charge in [-0.25, -0.2) is 9.02 Å². The largest absolute Gasteiger partial charge is 0.324 e. The van der Waals surface area contributed by atoms with E-state index >= 15 is 0 Å². The van der Waals surface area contributed by atoms with Crippen molar-refractivity contribution in [2.45, 2.75) is 6.42 Å². The number of halogens is 1. The second-order valence-corrected chi connectivity index (χ2v) is 7.80. The van der Waals surface area contributed by atoms with E-state index in [1.165, 1.54) is 17.0 Å². The van der Waals surface area contributed by atoms with E-state index in [0.717, 1.165) is 11.8 Å². The molecule has 1 saturated heterocycles. The molecule has 1 N–H and O–H groups in total. The average molecular weight is 428 g/mol. The highest BCUT2D eigenvalue weighted by atomic mass is 32.2. The van der Waals surface area contributed by atoms with Crippen molar-refractivity contribution in [3.05, 3.63) is 58.8 Å². The van der Waals surface area contributed by atoms with Gasteiger partial charge in [-0.1, -0.05) is 42.2 Å². The molecule has 1 aromatic heterocycles. The second kappa shape index (κ2) is 8.10. The van der Waals surface area contributed by atoms with Crippen molar-refractivity contribution in [1.29, 1.82) is 0 Å². The Morgan fingerprint density at radius 1 is 1.28 bits per heavy atom. The van der Waals surface area contributed by atoms with Crippen molar-refractivity contribution in [2.24, 2.45) is 0 Å². The number of amides is 2. The van der Waals surface area contributed by atoms with Crippen LogP contribution in [0.15, 0.2) is 52.0 Å². The molecular weight excluding hydrogens is 415 g/mol. The summed E-state index contributed by atoms with van der Waals surface area (Å²) in [5, 5.41) is 10.2. The molecule has 2 heterocycles. The Kier molecular flexibility index (Phi) is 5.36. The number of fused-ring (bicyclic) bond motifs is 1. The molecule has 4 rings (SSSR count). The molecule has 0 bridgehead atoms. The number of hydrogen-bond acceptors (Lipinski definition) is 7. The van der Waals surface area contributed by atoms with Crippen LogP contribution in [0.1, 0.15) is 12.0 Å². The van der Waals surface area contributed by atoms with Crippen LogP contribution in [0.5, 0.6) is 0 Å². The van der Waals surface area contributed by atoms with Gasteiger partial charge in [0.25, 0.3) is 5.91 Å². The van der Waals surface area contributed by atoms with Crippen LogP contribution < -0.4 is 5.32 Å². The molecule has 0 atom stereocenters. The Bertz CT molecular complexity index is 1160. The maximum Gasteiger partial charge on any atom is 0.266 e. The molecule has 0 radical (unpaired) electrons. The Morgan fingerprint density at radius 2 is 2.10 bits per heavy atom. The summed E-state index contributed by atoms with van der Waals surface area (Å²) in [6, 6.07) is 11.1. The number of rotatable bonds is 5. The number of anilines is 1. The lowest BCUT2D eigenvalue weighted by atomic mass is 10.2. The van der Waals surface area contributed by atoms with Gasteiger partial charge < -0.3 is 5.32 Å². The second-order valence-electron chi connectivity index (χ2n) is 6.12. The lowest BCUT2D eigenvalue weighted by Gasteiger charge is -2.14. The molecule has 0 spiro atoms. The number of carbonyl (C=O) groups excluding carboxylic acids is 2. The minimum atomic E-state index is -0.386. The number of thioether (sulfide) groups is 1. The van der Waals surface area contributed by atoms with Gasteiger partial charge in [-0.2, -0.15) is 0 Å². The third-order valence-electron chi connectivity index (χ3n) is 4.14. The molecule has 0 aliphatic carbocycles. The molecule has 0 unspecified atom stereocenters. The van der Waals surface area contributed by atoms with E-state index in [1.54, 1.807) is 36.4 Å². The van der Waals surface area contributed by atoms with Crippen LogP contribution in [0.4, 0.5) is 10.1 Å². The quantitative estimate of drug-likeness (QED) is 0.491. The summed E-state index contributed by atoms with van der Waals surface area (Å²) in [5.74, 6) is -0.994. The molecule has 146 valence electrons. The summed E-state index contributed by atoms with van der Waals surface area (Å²) in [7, 11) is 0. The molecule has 1 fully saturated rings. The highest BCUT2D eigenvalue weighted by Crippen LogP contribution is 2.32. The highest BCUT2D eigenvalue weighted by Gasteiger charge is 2.32. The van der Waals surface area contributed by atoms with Gasteiger partial charge in [-0.15, -0.1) is 0 Å². The van der Waals surface area contributed by atoms with Gasteiger partial charge in [0.15, 0.2) is 5.52 Å². The SMILES string of the molecule is O=C(CCN1C(=O)/C(=C/c2cccc(F)c2)SC1=S)Nc1cccc2nonc12. The Hall–Kier alpha value is -3.11. The monoisotopic (exact) mass is 428 g/mol. The van der Waals surface area contributed by atoms with Gasteiger partial charge in [0.05, 0.1) is 10.6 Å². The minimum absolute atomic E-state index is 0.0430. The smallest absolute Gasteiger partial charge is 0.266 e. The topological polar surface area (TPSA) is 88.3 Å². The van der Waals surface area contributed by atoms with Crippen molar-refractivity contribution in [2.75, 3.05) is 11.9 Å².